The second-order valence-electron chi connectivity index (χ2n) is 3.33. The molecule has 3 aliphatic rings. The first-order valence-electron chi connectivity index (χ1n) is 3.70. The van der Waals surface area contributed by atoms with Gasteiger partial charge in [-0.2, -0.15) is 11.8 Å². The van der Waals surface area contributed by atoms with Gasteiger partial charge in [0.2, 0.25) is 0 Å². The van der Waals surface area contributed by atoms with Crippen molar-refractivity contribution in [2.45, 2.75) is 29.4 Å². The van der Waals surface area contributed by atoms with Gasteiger partial charge in [0.1, 0.15) is 0 Å². The van der Waals surface area contributed by atoms with Crippen LogP contribution in [0.4, 0.5) is 0 Å². The molecule has 3 saturated heterocycles. The number of hydrogen-bond acceptors (Lipinski definition) is 2. The summed E-state index contributed by atoms with van der Waals surface area (Å²) in [7, 11) is 0. The smallest absolute Gasteiger partial charge is 0.0708 e. The molecule has 3 fully saturated rings. The zero-order chi connectivity index (χ0) is 5.84. The molecule has 3 aliphatic heterocycles. The van der Waals surface area contributed by atoms with Crippen LogP contribution < -0.4 is 0 Å². The molecule has 0 N–H and O–H groups in total. The molecule has 0 aromatic heterocycles. The summed E-state index contributed by atoms with van der Waals surface area (Å²) in [6.45, 7) is 1.07. The molecular weight excluding hydrogens is 132 g/mol. The van der Waals surface area contributed by atoms with Crippen molar-refractivity contribution in [1.82, 2.24) is 0 Å². The van der Waals surface area contributed by atoms with E-state index in [1.165, 1.54) is 12.8 Å². The van der Waals surface area contributed by atoms with Crippen LogP contribution in [-0.4, -0.2) is 23.2 Å². The molecule has 0 saturated carbocycles. The Labute approximate surface area is 59.1 Å². The molecule has 0 aromatic carbocycles. The molecule has 9 heavy (non-hydrogen) atoms. The van der Waals surface area contributed by atoms with E-state index >= 15 is 0 Å². The van der Waals surface area contributed by atoms with E-state index in [1.54, 1.807) is 0 Å². The fourth-order valence-electron chi connectivity index (χ4n) is 2.37. The van der Waals surface area contributed by atoms with Crippen molar-refractivity contribution in [2.24, 2.45) is 5.92 Å². The molecule has 0 radical (unpaired) electrons. The van der Waals surface area contributed by atoms with Crippen LogP contribution in [0.1, 0.15) is 12.8 Å². The Morgan fingerprint density at radius 1 is 1.33 bits per heavy atom. The molecule has 0 amide bonds. The van der Waals surface area contributed by atoms with E-state index in [0.717, 1.165) is 23.0 Å². The lowest BCUT2D eigenvalue weighted by molar-refractivity contribution is 0.114. The van der Waals surface area contributed by atoms with Gasteiger partial charge in [0.25, 0.3) is 0 Å². The summed E-state index contributed by atoms with van der Waals surface area (Å²) in [6, 6.07) is 0. The number of hydrogen-bond donors (Lipinski definition) is 0. The predicted molar refractivity (Wildman–Crippen MR) is 37.6 cm³/mol. The normalized spacial score (nSPS) is 61.3. The molecule has 4 atom stereocenters. The molecule has 0 spiro atoms. The number of thioether (sulfide) groups is 1. The van der Waals surface area contributed by atoms with E-state index in [4.69, 9.17) is 4.74 Å². The van der Waals surface area contributed by atoms with Gasteiger partial charge in [0.15, 0.2) is 0 Å². The molecule has 2 bridgehead atoms. The monoisotopic (exact) mass is 142 g/mol. The molecule has 4 unspecified atom stereocenters. The van der Waals surface area contributed by atoms with Crippen LogP contribution in [0, 0.1) is 5.92 Å². The summed E-state index contributed by atoms with van der Waals surface area (Å²) in [4.78, 5) is 0. The Kier molecular flexibility index (Phi) is 0.828. The second-order valence-corrected chi connectivity index (χ2v) is 4.81. The summed E-state index contributed by atoms with van der Waals surface area (Å²) in [6.07, 6.45) is 3.47. The van der Waals surface area contributed by atoms with Gasteiger partial charge in [0.05, 0.1) is 12.7 Å². The van der Waals surface area contributed by atoms with Crippen LogP contribution in [-0.2, 0) is 4.74 Å². The minimum absolute atomic E-state index is 0.666. The van der Waals surface area contributed by atoms with Gasteiger partial charge in [-0.3, -0.25) is 0 Å². The third-order valence-electron chi connectivity index (χ3n) is 2.77. The number of ether oxygens (including phenoxy) is 1. The third-order valence-corrected chi connectivity index (χ3v) is 4.54. The fraction of sp³-hybridized carbons (Fsp3) is 1.00. The Hall–Kier alpha value is 0.310. The Balaban J connectivity index is 2.02. The minimum Gasteiger partial charge on any atom is -0.377 e. The Morgan fingerprint density at radius 2 is 2.33 bits per heavy atom. The van der Waals surface area contributed by atoms with Crippen LogP contribution in [0.2, 0.25) is 0 Å². The first kappa shape index (κ1) is 5.03. The molecule has 3 heterocycles. The van der Waals surface area contributed by atoms with Gasteiger partial charge < -0.3 is 4.74 Å². The fourth-order valence-corrected chi connectivity index (χ4v) is 4.25. The van der Waals surface area contributed by atoms with E-state index < -0.39 is 0 Å². The van der Waals surface area contributed by atoms with E-state index in [1.807, 2.05) is 0 Å². The summed E-state index contributed by atoms with van der Waals surface area (Å²) < 4.78 is 5.61. The SMILES string of the molecule is C1OC2CC3CC1C2S3. The van der Waals surface area contributed by atoms with Crippen LogP contribution in [0.5, 0.6) is 0 Å². The van der Waals surface area contributed by atoms with Crippen molar-refractivity contribution in [3.63, 3.8) is 0 Å². The standard InChI is InChI=1S/C7H10OS/c1-4-3-8-6-2-5(1)9-7(4)6/h4-7H,1-3H2. The lowest BCUT2D eigenvalue weighted by Gasteiger charge is -2.12. The van der Waals surface area contributed by atoms with Gasteiger partial charge in [-0.05, 0) is 18.8 Å². The van der Waals surface area contributed by atoms with Crippen LogP contribution in [0.15, 0.2) is 0 Å². The topological polar surface area (TPSA) is 9.23 Å². The summed E-state index contributed by atoms with van der Waals surface area (Å²) in [5, 5.41) is 1.89. The summed E-state index contributed by atoms with van der Waals surface area (Å²) >= 11 is 2.19. The predicted octanol–water partition coefficient (Wildman–Crippen LogP) is 1.28. The van der Waals surface area contributed by atoms with Crippen LogP contribution in [0.25, 0.3) is 0 Å². The lowest BCUT2D eigenvalue weighted by atomic mass is 9.91. The van der Waals surface area contributed by atoms with E-state index in [0.29, 0.717) is 6.10 Å². The van der Waals surface area contributed by atoms with Crippen molar-refractivity contribution in [2.75, 3.05) is 6.61 Å². The Morgan fingerprint density at radius 3 is 3.00 bits per heavy atom. The third kappa shape index (κ3) is 0.517. The average molecular weight is 142 g/mol. The highest BCUT2D eigenvalue weighted by Gasteiger charge is 2.51. The molecule has 1 nitrogen and oxygen atoms in total. The van der Waals surface area contributed by atoms with Gasteiger partial charge in [-0.25, -0.2) is 0 Å². The van der Waals surface area contributed by atoms with E-state index in [-0.39, 0.29) is 0 Å². The van der Waals surface area contributed by atoms with Crippen molar-refractivity contribution in [3.05, 3.63) is 0 Å². The maximum absolute atomic E-state index is 5.61. The van der Waals surface area contributed by atoms with Crippen LogP contribution >= 0.6 is 11.8 Å². The minimum atomic E-state index is 0.666. The lowest BCUT2D eigenvalue weighted by Crippen LogP contribution is -2.20. The summed E-state index contributed by atoms with van der Waals surface area (Å²) in [5.74, 6) is 0.943. The zero-order valence-corrected chi connectivity index (χ0v) is 6.06. The van der Waals surface area contributed by atoms with Gasteiger partial charge in [-0.1, -0.05) is 0 Å². The van der Waals surface area contributed by atoms with Crippen molar-refractivity contribution in [1.29, 1.82) is 0 Å². The second kappa shape index (κ2) is 1.48. The average Bonchev–Trinajstić information content (AvgIpc) is 2.35. The number of rotatable bonds is 0. The molecule has 3 rings (SSSR count). The maximum atomic E-state index is 5.61. The van der Waals surface area contributed by atoms with Gasteiger partial charge in [0, 0.05) is 10.5 Å². The van der Waals surface area contributed by atoms with Gasteiger partial charge >= 0.3 is 0 Å². The van der Waals surface area contributed by atoms with E-state index in [9.17, 15) is 0 Å². The van der Waals surface area contributed by atoms with Crippen molar-refractivity contribution in [3.8, 4) is 0 Å². The first-order valence-corrected chi connectivity index (χ1v) is 4.65. The van der Waals surface area contributed by atoms with Gasteiger partial charge in [-0.15, -0.1) is 0 Å². The highest BCUT2D eigenvalue weighted by Crippen LogP contribution is 2.54. The molecule has 50 valence electrons. The summed E-state index contributed by atoms with van der Waals surface area (Å²) in [5.41, 5.74) is 0. The molecule has 2 heteroatoms. The van der Waals surface area contributed by atoms with Crippen molar-refractivity contribution < 1.29 is 4.74 Å². The van der Waals surface area contributed by atoms with E-state index in [2.05, 4.69) is 11.8 Å². The molecular formula is C7H10OS. The van der Waals surface area contributed by atoms with Crippen molar-refractivity contribution >= 4 is 11.8 Å². The Bertz CT molecular complexity index is 131. The zero-order valence-electron chi connectivity index (χ0n) is 5.25. The quantitative estimate of drug-likeness (QED) is 0.504. The number of fused-ring (bicyclic) bond motifs is 1. The largest absolute Gasteiger partial charge is 0.377 e. The maximum Gasteiger partial charge on any atom is 0.0708 e. The highest BCUT2D eigenvalue weighted by atomic mass is 32.2. The first-order chi connectivity index (χ1) is 4.43. The van der Waals surface area contributed by atoms with Crippen LogP contribution in [0.3, 0.4) is 0 Å². The molecule has 0 aliphatic carbocycles. The highest BCUT2D eigenvalue weighted by molar-refractivity contribution is 8.01. The molecule has 0 aromatic rings.